The topological polar surface area (TPSA) is 47.0 Å². The second kappa shape index (κ2) is 6.34. The molecule has 0 aliphatic heterocycles. The van der Waals surface area contributed by atoms with E-state index in [1.165, 1.54) is 0 Å². The number of aromatic nitrogens is 2. The van der Waals surface area contributed by atoms with Crippen LogP contribution in [-0.2, 0) is 6.42 Å². The van der Waals surface area contributed by atoms with Crippen molar-refractivity contribution in [3.05, 3.63) is 80.7 Å². The first-order valence-electron chi connectivity index (χ1n) is 7.28. The molecule has 0 bridgehead atoms. The molecule has 1 aromatic heterocycles. The molecule has 0 aliphatic carbocycles. The largest absolute Gasteiger partial charge is 0.497 e. The lowest BCUT2D eigenvalue weighted by molar-refractivity contribution is 0.414. The van der Waals surface area contributed by atoms with E-state index in [-0.39, 0.29) is 5.56 Å². The van der Waals surface area contributed by atoms with Crippen molar-refractivity contribution in [2.24, 2.45) is 0 Å². The third-order valence-electron chi connectivity index (χ3n) is 3.82. The summed E-state index contributed by atoms with van der Waals surface area (Å²) in [5.41, 5.74) is 3.41. The molecule has 0 unspecified atom stereocenters. The Morgan fingerprint density at radius 2 is 1.74 bits per heavy atom. The number of halogens is 1. The molecular weight excluding hydrogens is 312 g/mol. The Morgan fingerprint density at radius 1 is 1.09 bits per heavy atom. The molecule has 0 spiro atoms. The number of methoxy groups -OCH3 is 1. The highest BCUT2D eigenvalue weighted by molar-refractivity contribution is 6.30. The first kappa shape index (κ1) is 15.4. The van der Waals surface area contributed by atoms with Gasteiger partial charge in [-0.05, 0) is 48.9 Å². The lowest BCUT2D eigenvalue weighted by atomic mass is 10.1. The molecule has 0 saturated carbocycles. The van der Waals surface area contributed by atoms with Crippen molar-refractivity contribution in [1.29, 1.82) is 0 Å². The van der Waals surface area contributed by atoms with Crippen LogP contribution >= 0.6 is 11.6 Å². The maximum absolute atomic E-state index is 12.7. The monoisotopic (exact) mass is 328 g/mol. The maximum atomic E-state index is 12.7. The van der Waals surface area contributed by atoms with Gasteiger partial charge in [-0.25, -0.2) is 4.68 Å². The summed E-state index contributed by atoms with van der Waals surface area (Å²) in [6.45, 7) is 1.91. The van der Waals surface area contributed by atoms with Gasteiger partial charge >= 0.3 is 0 Å². The van der Waals surface area contributed by atoms with Crippen LogP contribution in [0.4, 0.5) is 0 Å². The zero-order valence-corrected chi connectivity index (χ0v) is 13.7. The molecule has 2 aromatic carbocycles. The van der Waals surface area contributed by atoms with Crippen LogP contribution in [0.2, 0.25) is 5.02 Å². The number of nitrogens with one attached hydrogen (secondary N) is 1. The van der Waals surface area contributed by atoms with Crippen molar-refractivity contribution in [3.63, 3.8) is 0 Å². The maximum Gasteiger partial charge on any atom is 0.274 e. The fourth-order valence-corrected chi connectivity index (χ4v) is 2.63. The predicted molar refractivity (Wildman–Crippen MR) is 91.9 cm³/mol. The molecule has 118 valence electrons. The van der Waals surface area contributed by atoms with E-state index < -0.39 is 0 Å². The summed E-state index contributed by atoms with van der Waals surface area (Å²) in [4.78, 5) is 12.7. The van der Waals surface area contributed by atoms with Gasteiger partial charge in [0.2, 0.25) is 0 Å². The van der Waals surface area contributed by atoms with Crippen molar-refractivity contribution in [1.82, 2.24) is 9.78 Å². The van der Waals surface area contributed by atoms with Gasteiger partial charge in [-0.15, -0.1) is 0 Å². The van der Waals surface area contributed by atoms with Gasteiger partial charge < -0.3 is 4.74 Å². The highest BCUT2D eigenvalue weighted by Gasteiger charge is 2.13. The fraction of sp³-hybridized carbons (Fsp3) is 0.167. The zero-order valence-electron chi connectivity index (χ0n) is 13.0. The second-order valence-corrected chi connectivity index (χ2v) is 5.79. The van der Waals surface area contributed by atoms with Crippen molar-refractivity contribution in [2.75, 3.05) is 7.11 Å². The van der Waals surface area contributed by atoms with Gasteiger partial charge in [0.15, 0.2) is 0 Å². The molecule has 3 rings (SSSR count). The van der Waals surface area contributed by atoms with Crippen molar-refractivity contribution in [2.45, 2.75) is 13.3 Å². The quantitative estimate of drug-likeness (QED) is 0.793. The van der Waals surface area contributed by atoms with Crippen LogP contribution in [0.15, 0.2) is 53.3 Å². The van der Waals surface area contributed by atoms with Gasteiger partial charge in [-0.2, -0.15) is 0 Å². The standard InChI is InChI=1S/C18H17ClN2O2/c1-12-17(11-13-3-9-16(23-2)10-4-13)18(22)21(20-12)15-7-5-14(19)6-8-15/h3-10,20H,11H2,1-2H3. The summed E-state index contributed by atoms with van der Waals surface area (Å²) < 4.78 is 6.70. The molecule has 1 heterocycles. The van der Waals surface area contributed by atoms with Crippen LogP contribution in [-0.4, -0.2) is 16.9 Å². The number of rotatable bonds is 4. The summed E-state index contributed by atoms with van der Waals surface area (Å²) in [6, 6.07) is 14.9. The van der Waals surface area contributed by atoms with E-state index in [1.54, 1.807) is 23.9 Å². The molecule has 23 heavy (non-hydrogen) atoms. The normalized spacial score (nSPS) is 10.7. The van der Waals surface area contributed by atoms with Crippen molar-refractivity contribution < 1.29 is 4.74 Å². The minimum atomic E-state index is -0.0411. The lowest BCUT2D eigenvalue weighted by Crippen LogP contribution is -2.17. The van der Waals surface area contributed by atoms with E-state index in [9.17, 15) is 4.79 Å². The Labute approximate surface area is 139 Å². The number of benzene rings is 2. The van der Waals surface area contributed by atoms with E-state index in [2.05, 4.69) is 5.10 Å². The van der Waals surface area contributed by atoms with E-state index in [1.807, 2.05) is 43.3 Å². The molecule has 0 aliphatic rings. The minimum Gasteiger partial charge on any atom is -0.497 e. The van der Waals surface area contributed by atoms with Crippen molar-refractivity contribution in [3.8, 4) is 11.4 Å². The van der Waals surface area contributed by atoms with Crippen LogP contribution in [0, 0.1) is 6.92 Å². The number of ether oxygens (including phenoxy) is 1. The molecule has 0 amide bonds. The van der Waals surface area contributed by atoms with Crippen molar-refractivity contribution >= 4 is 11.6 Å². The van der Waals surface area contributed by atoms with Crippen LogP contribution in [0.3, 0.4) is 0 Å². The Hall–Kier alpha value is -2.46. The summed E-state index contributed by atoms with van der Waals surface area (Å²) >= 11 is 5.90. The number of hydrogen-bond acceptors (Lipinski definition) is 2. The Morgan fingerprint density at radius 3 is 2.35 bits per heavy atom. The summed E-state index contributed by atoms with van der Waals surface area (Å²) in [6.07, 6.45) is 0.575. The predicted octanol–water partition coefficient (Wildman–Crippen LogP) is 3.73. The third-order valence-corrected chi connectivity index (χ3v) is 4.07. The number of aryl methyl sites for hydroxylation is 1. The summed E-state index contributed by atoms with van der Waals surface area (Å²) in [7, 11) is 1.64. The number of hydrogen-bond donors (Lipinski definition) is 1. The first-order valence-corrected chi connectivity index (χ1v) is 7.65. The van der Waals surface area contributed by atoms with Gasteiger partial charge in [0.1, 0.15) is 5.75 Å². The van der Waals surface area contributed by atoms with E-state index in [4.69, 9.17) is 16.3 Å². The first-order chi connectivity index (χ1) is 11.1. The van der Waals surface area contributed by atoms with Crippen LogP contribution < -0.4 is 10.3 Å². The number of H-pyrrole nitrogens is 1. The summed E-state index contributed by atoms with van der Waals surface area (Å²) in [5.74, 6) is 0.804. The van der Waals surface area contributed by atoms with Crippen LogP contribution in [0.5, 0.6) is 5.75 Å². The molecular formula is C18H17ClN2O2. The average Bonchev–Trinajstić information content (AvgIpc) is 2.84. The van der Waals surface area contributed by atoms with E-state index in [0.717, 1.165) is 28.3 Å². The summed E-state index contributed by atoms with van der Waals surface area (Å²) in [5, 5.41) is 3.77. The van der Waals surface area contributed by atoms with E-state index in [0.29, 0.717) is 11.4 Å². The molecule has 0 atom stereocenters. The molecule has 0 fully saturated rings. The highest BCUT2D eigenvalue weighted by Crippen LogP contribution is 2.16. The molecule has 4 nitrogen and oxygen atoms in total. The van der Waals surface area contributed by atoms with Gasteiger partial charge in [0.25, 0.3) is 5.56 Å². The van der Waals surface area contributed by atoms with Crippen LogP contribution in [0.25, 0.3) is 5.69 Å². The minimum absolute atomic E-state index is 0.0411. The van der Waals surface area contributed by atoms with Gasteiger partial charge in [-0.1, -0.05) is 23.7 Å². The average molecular weight is 329 g/mol. The smallest absolute Gasteiger partial charge is 0.274 e. The Bertz CT molecular complexity index is 862. The lowest BCUT2D eigenvalue weighted by Gasteiger charge is -2.02. The number of aromatic amines is 1. The highest BCUT2D eigenvalue weighted by atomic mass is 35.5. The fourth-order valence-electron chi connectivity index (χ4n) is 2.51. The number of nitrogens with zero attached hydrogens (tertiary/aromatic N) is 1. The molecule has 3 aromatic rings. The van der Waals surface area contributed by atoms with Gasteiger partial charge in [-0.3, -0.25) is 9.89 Å². The molecule has 1 N–H and O–H groups in total. The van der Waals surface area contributed by atoms with E-state index >= 15 is 0 Å². The third kappa shape index (κ3) is 3.17. The molecule has 0 radical (unpaired) electrons. The SMILES string of the molecule is COc1ccc(Cc2c(C)[nH]n(-c3ccc(Cl)cc3)c2=O)cc1. The Balaban J connectivity index is 1.94. The molecule has 5 heteroatoms. The molecule has 0 saturated heterocycles. The zero-order chi connectivity index (χ0) is 16.4. The van der Waals surface area contributed by atoms with Gasteiger partial charge in [0.05, 0.1) is 12.8 Å². The Kier molecular flexibility index (Phi) is 4.26. The van der Waals surface area contributed by atoms with Gasteiger partial charge in [0, 0.05) is 22.7 Å². The van der Waals surface area contributed by atoms with Crippen LogP contribution in [0.1, 0.15) is 16.8 Å². The second-order valence-electron chi connectivity index (χ2n) is 5.36.